The topological polar surface area (TPSA) is 42.7 Å². The van der Waals surface area contributed by atoms with Gasteiger partial charge in [0, 0.05) is 34.4 Å². The molecule has 5 rings (SSSR count). The zero-order valence-corrected chi connectivity index (χ0v) is 20.2. The fourth-order valence-electron chi connectivity index (χ4n) is 6.05. The Morgan fingerprint density at radius 1 is 1.17 bits per heavy atom. The lowest BCUT2D eigenvalue weighted by molar-refractivity contribution is -0.137. The van der Waals surface area contributed by atoms with E-state index in [1.807, 2.05) is 23.7 Å². The second-order valence-electron chi connectivity index (χ2n) is 10.3. The summed E-state index contributed by atoms with van der Waals surface area (Å²) in [5.74, 6) is 6.91. The van der Waals surface area contributed by atoms with Crippen molar-refractivity contribution < 1.29 is 13.2 Å². The van der Waals surface area contributed by atoms with Crippen molar-refractivity contribution in [2.75, 3.05) is 0 Å². The number of halogens is 3. The van der Waals surface area contributed by atoms with Crippen LogP contribution in [0.3, 0.4) is 0 Å². The highest BCUT2D eigenvalue weighted by molar-refractivity contribution is 5.94. The van der Waals surface area contributed by atoms with E-state index in [9.17, 15) is 13.2 Å². The van der Waals surface area contributed by atoms with Gasteiger partial charge in [0.05, 0.1) is 29.0 Å². The van der Waals surface area contributed by atoms with Crippen LogP contribution in [0.1, 0.15) is 74.9 Å². The van der Waals surface area contributed by atoms with Crippen LogP contribution < -0.4 is 5.32 Å². The van der Waals surface area contributed by atoms with E-state index >= 15 is 0 Å². The van der Waals surface area contributed by atoms with Crippen LogP contribution in [-0.4, -0.2) is 20.8 Å². The van der Waals surface area contributed by atoms with Crippen molar-refractivity contribution >= 4 is 16.6 Å². The van der Waals surface area contributed by atoms with E-state index in [1.54, 1.807) is 13.1 Å². The monoisotopic (exact) mass is 478 g/mol. The Kier molecular flexibility index (Phi) is 5.66. The number of aromatic nitrogens is 3. The van der Waals surface area contributed by atoms with Crippen molar-refractivity contribution in [1.82, 2.24) is 20.1 Å². The highest BCUT2D eigenvalue weighted by atomic mass is 19.4. The van der Waals surface area contributed by atoms with E-state index in [-0.39, 0.29) is 6.04 Å². The molecule has 0 bridgehead atoms. The van der Waals surface area contributed by atoms with Crippen LogP contribution in [0.2, 0.25) is 0 Å². The maximum absolute atomic E-state index is 13.0. The van der Waals surface area contributed by atoms with Gasteiger partial charge in [-0.25, -0.2) is 0 Å². The molecular weight excluding hydrogens is 449 g/mol. The second kappa shape index (κ2) is 8.44. The molecule has 0 aliphatic heterocycles. The van der Waals surface area contributed by atoms with Crippen LogP contribution in [-0.2, 0) is 6.18 Å². The van der Waals surface area contributed by atoms with Crippen molar-refractivity contribution in [3.63, 3.8) is 0 Å². The van der Waals surface area contributed by atoms with E-state index in [1.165, 1.54) is 31.7 Å². The first-order valence-corrected chi connectivity index (χ1v) is 12.0. The van der Waals surface area contributed by atoms with Gasteiger partial charge in [-0.05, 0) is 75.1 Å². The van der Waals surface area contributed by atoms with Crippen molar-refractivity contribution in [2.45, 2.75) is 64.7 Å². The van der Waals surface area contributed by atoms with Gasteiger partial charge >= 0.3 is 6.18 Å². The highest BCUT2D eigenvalue weighted by Gasteiger charge is 2.51. The minimum Gasteiger partial charge on any atom is -0.382 e. The number of hydrogen-bond donors (Lipinski definition) is 1. The molecule has 2 aliphatic carbocycles. The summed E-state index contributed by atoms with van der Waals surface area (Å²) in [7, 11) is 0. The standard InChI is InChI=1S/C28H29F3N4/c1-5-6-20-7-9-23(18(3)34-22-13-27(14-22)11-17(2)12-27)26-24(20)16-33-35(26)19(4)25-10-8-21(15-32-25)28(29,30)31/h7-10,15-17,19,22,34H,3,11-14H2,1-2,4H3. The molecule has 2 aliphatic rings. The molecule has 1 spiro atoms. The number of nitrogens with one attached hydrogen (secondary N) is 1. The summed E-state index contributed by atoms with van der Waals surface area (Å²) >= 11 is 0. The Morgan fingerprint density at radius 3 is 2.51 bits per heavy atom. The number of alkyl halides is 3. The fraction of sp³-hybridized carbons (Fsp3) is 0.429. The normalized spacial score (nSPS) is 24.3. The van der Waals surface area contributed by atoms with E-state index < -0.39 is 11.7 Å². The number of hydrogen-bond acceptors (Lipinski definition) is 3. The molecule has 1 N–H and O–H groups in total. The molecule has 3 aromatic rings. The molecule has 7 heteroatoms. The Labute approximate surface area is 203 Å². The van der Waals surface area contributed by atoms with Crippen molar-refractivity contribution in [3.8, 4) is 11.8 Å². The molecule has 4 nitrogen and oxygen atoms in total. The van der Waals surface area contributed by atoms with Gasteiger partial charge in [-0.2, -0.15) is 18.3 Å². The summed E-state index contributed by atoms with van der Waals surface area (Å²) in [4.78, 5) is 4.10. The summed E-state index contributed by atoms with van der Waals surface area (Å²) in [6.07, 6.45) is 3.19. The molecule has 0 radical (unpaired) electrons. The first kappa shape index (κ1) is 23.5. The van der Waals surface area contributed by atoms with Crippen LogP contribution in [0.25, 0.3) is 16.6 Å². The largest absolute Gasteiger partial charge is 0.417 e. The lowest BCUT2D eigenvalue weighted by Crippen LogP contribution is -2.54. The summed E-state index contributed by atoms with van der Waals surface area (Å²) in [6, 6.07) is 6.48. The number of fused-ring (bicyclic) bond motifs is 1. The highest BCUT2D eigenvalue weighted by Crippen LogP contribution is 2.58. The molecule has 2 saturated carbocycles. The van der Waals surface area contributed by atoms with E-state index in [2.05, 4.69) is 40.7 Å². The summed E-state index contributed by atoms with van der Waals surface area (Å²) in [6.45, 7) is 10.3. The lowest BCUT2D eigenvalue weighted by atomic mass is 9.50. The van der Waals surface area contributed by atoms with Crippen molar-refractivity contribution in [2.24, 2.45) is 11.3 Å². The third-order valence-corrected chi connectivity index (χ3v) is 7.55. The van der Waals surface area contributed by atoms with E-state index in [0.717, 1.165) is 45.9 Å². The van der Waals surface area contributed by atoms with Gasteiger partial charge in [0.25, 0.3) is 0 Å². The van der Waals surface area contributed by atoms with Crippen LogP contribution in [0, 0.1) is 23.2 Å². The second-order valence-corrected chi connectivity index (χ2v) is 10.3. The molecule has 1 unspecified atom stereocenters. The Balaban J connectivity index is 1.47. The molecule has 182 valence electrons. The van der Waals surface area contributed by atoms with E-state index in [0.29, 0.717) is 17.2 Å². The van der Waals surface area contributed by atoms with Crippen molar-refractivity contribution in [3.05, 3.63) is 65.6 Å². The Morgan fingerprint density at radius 2 is 1.91 bits per heavy atom. The first-order valence-electron chi connectivity index (χ1n) is 12.0. The van der Waals surface area contributed by atoms with Gasteiger partial charge in [0.15, 0.2) is 0 Å². The van der Waals surface area contributed by atoms with Crippen LogP contribution in [0.15, 0.2) is 43.2 Å². The maximum Gasteiger partial charge on any atom is 0.417 e. The average Bonchev–Trinajstić information content (AvgIpc) is 3.21. The third kappa shape index (κ3) is 4.20. The molecule has 0 amide bonds. The van der Waals surface area contributed by atoms with Crippen molar-refractivity contribution in [1.29, 1.82) is 0 Å². The summed E-state index contributed by atoms with van der Waals surface area (Å²) in [5, 5.41) is 9.12. The zero-order valence-electron chi connectivity index (χ0n) is 20.2. The third-order valence-electron chi connectivity index (χ3n) is 7.55. The molecule has 0 saturated heterocycles. The van der Waals surface area contributed by atoms with Gasteiger partial charge in [0.1, 0.15) is 0 Å². The number of rotatable bonds is 5. The van der Waals surface area contributed by atoms with Gasteiger partial charge in [-0.1, -0.05) is 19.4 Å². The molecular formula is C28H29F3N4. The molecule has 1 aromatic carbocycles. The van der Waals surface area contributed by atoms with Gasteiger partial charge in [-0.3, -0.25) is 9.67 Å². The number of pyridine rings is 1. The quantitative estimate of drug-likeness (QED) is 0.422. The summed E-state index contributed by atoms with van der Waals surface area (Å²) in [5.41, 5.74) is 3.70. The molecule has 2 heterocycles. The Bertz CT molecular complexity index is 1330. The summed E-state index contributed by atoms with van der Waals surface area (Å²) < 4.78 is 40.8. The smallest absolute Gasteiger partial charge is 0.382 e. The van der Waals surface area contributed by atoms with Crippen LogP contribution >= 0.6 is 0 Å². The van der Waals surface area contributed by atoms with E-state index in [4.69, 9.17) is 0 Å². The predicted molar refractivity (Wildman–Crippen MR) is 131 cm³/mol. The fourth-order valence-corrected chi connectivity index (χ4v) is 6.05. The molecule has 35 heavy (non-hydrogen) atoms. The minimum atomic E-state index is -4.42. The SMILES string of the molecule is C=C(NC1CC2(CC(C)C2)C1)c1ccc(C#CC)c2cnn(C(C)c3ccc(C(F)(F)F)cn3)c12. The van der Waals surface area contributed by atoms with Crippen LogP contribution in [0.5, 0.6) is 0 Å². The minimum absolute atomic E-state index is 0.380. The first-order chi connectivity index (χ1) is 16.6. The molecule has 2 aromatic heterocycles. The number of benzene rings is 1. The molecule has 2 fully saturated rings. The average molecular weight is 479 g/mol. The maximum atomic E-state index is 13.0. The van der Waals surface area contributed by atoms with Gasteiger partial charge < -0.3 is 5.32 Å². The van der Waals surface area contributed by atoms with Gasteiger partial charge in [0.2, 0.25) is 0 Å². The molecule has 1 atom stereocenters. The van der Waals surface area contributed by atoms with Crippen LogP contribution in [0.4, 0.5) is 13.2 Å². The number of nitrogens with zero attached hydrogens (tertiary/aromatic N) is 3. The zero-order chi connectivity index (χ0) is 25.0. The van der Waals surface area contributed by atoms with Gasteiger partial charge in [-0.15, -0.1) is 5.92 Å². The predicted octanol–water partition coefficient (Wildman–Crippen LogP) is 6.57. The lowest BCUT2D eigenvalue weighted by Gasteiger charge is -2.57. The Hall–Kier alpha value is -3.27.